The van der Waals surface area contributed by atoms with Crippen molar-refractivity contribution in [2.45, 2.75) is 31.6 Å². The van der Waals surface area contributed by atoms with Gasteiger partial charge in [-0.2, -0.15) is 17.0 Å². The fraction of sp³-hybridized carbons (Fsp3) is 0.429. The molecule has 4 nitrogen and oxygen atoms in total. The second-order valence-electron chi connectivity index (χ2n) is 4.29. The van der Waals surface area contributed by atoms with Gasteiger partial charge in [0.25, 0.3) is 0 Å². The number of nitrogens with zero attached hydrogens (tertiary/aromatic N) is 1. The van der Waals surface area contributed by atoms with Crippen LogP contribution in [-0.4, -0.2) is 18.5 Å². The second kappa shape index (κ2) is 7.70. The third-order valence-electron chi connectivity index (χ3n) is 2.41. The summed E-state index contributed by atoms with van der Waals surface area (Å²) in [6, 6.07) is 9.66. The number of rotatable bonds is 5. The molecule has 102 valence electrons. The Balaban J connectivity index is 2.77. The van der Waals surface area contributed by atoms with Gasteiger partial charge in [0.15, 0.2) is 0 Å². The molecule has 1 N–H and O–H groups in total. The van der Waals surface area contributed by atoms with Crippen LogP contribution in [0.2, 0.25) is 0 Å². The molecule has 0 radical (unpaired) electrons. The molecule has 19 heavy (non-hydrogen) atoms. The molecule has 0 bridgehead atoms. The van der Waals surface area contributed by atoms with Gasteiger partial charge in [0.1, 0.15) is 0 Å². The monoisotopic (exact) mass is 278 g/mol. The van der Waals surface area contributed by atoms with Crippen molar-refractivity contribution in [1.29, 1.82) is 5.26 Å². The Morgan fingerprint density at radius 2 is 2.26 bits per heavy atom. The lowest BCUT2D eigenvalue weighted by molar-refractivity contribution is 0.130. The summed E-state index contributed by atoms with van der Waals surface area (Å²) in [5.74, 6) is 0. The number of hydrogen-bond donors (Lipinski definition) is 1. The van der Waals surface area contributed by atoms with E-state index >= 15 is 0 Å². The molecule has 0 aliphatic carbocycles. The van der Waals surface area contributed by atoms with Gasteiger partial charge < -0.3 is 4.74 Å². The van der Waals surface area contributed by atoms with Crippen LogP contribution in [0.4, 0.5) is 10.5 Å². The van der Waals surface area contributed by atoms with Crippen LogP contribution in [0.5, 0.6) is 0 Å². The minimum Gasteiger partial charge on any atom is -0.447 e. The first-order chi connectivity index (χ1) is 9.06. The molecule has 1 unspecified atom stereocenters. The molecular formula is C14H18N2O2S. The van der Waals surface area contributed by atoms with Crippen LogP contribution in [0, 0.1) is 11.3 Å². The van der Waals surface area contributed by atoms with E-state index in [4.69, 9.17) is 10.00 Å². The van der Waals surface area contributed by atoms with Gasteiger partial charge in [0.05, 0.1) is 18.6 Å². The van der Waals surface area contributed by atoms with Crippen LogP contribution in [-0.2, 0) is 4.74 Å². The fourth-order valence-corrected chi connectivity index (χ4v) is 2.26. The van der Waals surface area contributed by atoms with Crippen LogP contribution < -0.4 is 5.32 Å². The number of hydrogen-bond acceptors (Lipinski definition) is 4. The van der Waals surface area contributed by atoms with Crippen LogP contribution in [0.15, 0.2) is 24.3 Å². The molecule has 0 saturated carbocycles. The van der Waals surface area contributed by atoms with E-state index in [1.807, 2.05) is 24.5 Å². The van der Waals surface area contributed by atoms with Gasteiger partial charge in [-0.15, -0.1) is 0 Å². The number of thioether (sulfide) groups is 1. The highest BCUT2D eigenvalue weighted by Gasteiger charge is 2.11. The number of ether oxygens (including phenoxy) is 1. The van der Waals surface area contributed by atoms with Crippen LogP contribution in [0.25, 0.3) is 0 Å². The van der Waals surface area contributed by atoms with Crippen LogP contribution >= 0.6 is 11.8 Å². The van der Waals surface area contributed by atoms with Gasteiger partial charge in [0.2, 0.25) is 0 Å². The number of anilines is 1. The number of nitrogens with one attached hydrogen (secondary N) is 1. The standard InChI is InChI=1S/C14H18N2O2S/c1-10(2)18-14(17)16-12-6-4-5-11(9-12)13(19-3)7-8-15/h4-6,9-10,13H,7H2,1-3H3,(H,16,17). The summed E-state index contributed by atoms with van der Waals surface area (Å²) in [7, 11) is 0. The van der Waals surface area contributed by atoms with Gasteiger partial charge in [-0.05, 0) is 37.8 Å². The summed E-state index contributed by atoms with van der Waals surface area (Å²) in [6.45, 7) is 3.60. The lowest BCUT2D eigenvalue weighted by Gasteiger charge is -2.13. The van der Waals surface area contributed by atoms with Crippen molar-refractivity contribution in [2.75, 3.05) is 11.6 Å². The average molecular weight is 278 g/mol. The Hall–Kier alpha value is -1.67. The van der Waals surface area contributed by atoms with E-state index < -0.39 is 6.09 Å². The van der Waals surface area contributed by atoms with Gasteiger partial charge in [-0.25, -0.2) is 4.79 Å². The molecule has 1 amide bonds. The highest BCUT2D eigenvalue weighted by Crippen LogP contribution is 2.31. The normalized spacial score (nSPS) is 11.7. The van der Waals surface area contributed by atoms with E-state index in [2.05, 4.69) is 11.4 Å². The molecule has 1 aromatic carbocycles. The second-order valence-corrected chi connectivity index (χ2v) is 5.33. The fourth-order valence-electron chi connectivity index (χ4n) is 1.60. The predicted octanol–water partition coefficient (Wildman–Crippen LogP) is 3.96. The number of amides is 1. The molecule has 5 heteroatoms. The molecule has 1 aromatic rings. The van der Waals surface area contributed by atoms with Crippen LogP contribution in [0.1, 0.15) is 31.1 Å². The summed E-state index contributed by atoms with van der Waals surface area (Å²) in [4.78, 5) is 11.5. The van der Waals surface area contributed by atoms with Crippen molar-refractivity contribution in [3.8, 4) is 6.07 Å². The minimum absolute atomic E-state index is 0.118. The van der Waals surface area contributed by atoms with Crippen molar-refractivity contribution in [2.24, 2.45) is 0 Å². The zero-order valence-electron chi connectivity index (χ0n) is 11.3. The molecule has 0 spiro atoms. The number of carbonyl (C=O) groups is 1. The Morgan fingerprint density at radius 1 is 1.53 bits per heavy atom. The molecule has 0 saturated heterocycles. The quantitative estimate of drug-likeness (QED) is 0.885. The maximum absolute atomic E-state index is 11.5. The molecule has 1 rings (SSSR count). The van der Waals surface area contributed by atoms with Gasteiger partial charge in [-0.3, -0.25) is 5.32 Å². The summed E-state index contributed by atoms with van der Waals surface area (Å²) in [5, 5.41) is 11.6. The smallest absolute Gasteiger partial charge is 0.411 e. The predicted molar refractivity (Wildman–Crippen MR) is 78.2 cm³/mol. The van der Waals surface area contributed by atoms with Gasteiger partial charge in [-0.1, -0.05) is 12.1 Å². The van der Waals surface area contributed by atoms with E-state index in [-0.39, 0.29) is 11.4 Å². The maximum Gasteiger partial charge on any atom is 0.411 e. The highest BCUT2D eigenvalue weighted by molar-refractivity contribution is 7.98. The molecule has 0 heterocycles. The summed E-state index contributed by atoms with van der Waals surface area (Å²) in [6.07, 6.45) is 1.80. The van der Waals surface area contributed by atoms with Gasteiger partial charge >= 0.3 is 6.09 Å². The average Bonchev–Trinajstić information content (AvgIpc) is 2.35. The Labute approximate surface area is 118 Å². The van der Waals surface area contributed by atoms with E-state index in [0.717, 1.165) is 5.56 Å². The van der Waals surface area contributed by atoms with E-state index in [0.29, 0.717) is 12.1 Å². The van der Waals surface area contributed by atoms with Crippen LogP contribution in [0.3, 0.4) is 0 Å². The topological polar surface area (TPSA) is 62.1 Å². The lowest BCUT2D eigenvalue weighted by atomic mass is 10.1. The lowest BCUT2D eigenvalue weighted by Crippen LogP contribution is -2.18. The third kappa shape index (κ3) is 5.23. The maximum atomic E-state index is 11.5. The molecule has 1 atom stereocenters. The SMILES string of the molecule is CSC(CC#N)c1cccc(NC(=O)OC(C)C)c1. The summed E-state index contributed by atoms with van der Waals surface area (Å²) in [5.41, 5.74) is 1.71. The minimum atomic E-state index is -0.465. The van der Waals surface area contributed by atoms with Crippen molar-refractivity contribution in [3.05, 3.63) is 29.8 Å². The first-order valence-corrected chi connectivity index (χ1v) is 7.33. The van der Waals surface area contributed by atoms with Crippen molar-refractivity contribution >= 4 is 23.5 Å². The third-order valence-corrected chi connectivity index (χ3v) is 3.42. The largest absolute Gasteiger partial charge is 0.447 e. The highest BCUT2D eigenvalue weighted by atomic mass is 32.2. The Bertz CT molecular complexity index is 469. The number of carbonyl (C=O) groups excluding carboxylic acids is 1. The van der Waals surface area contributed by atoms with Crippen molar-refractivity contribution < 1.29 is 9.53 Å². The van der Waals surface area contributed by atoms with Gasteiger partial charge in [0, 0.05) is 10.9 Å². The molecule has 0 fully saturated rings. The van der Waals surface area contributed by atoms with E-state index in [1.54, 1.807) is 31.7 Å². The van der Waals surface area contributed by atoms with E-state index in [1.165, 1.54) is 0 Å². The summed E-state index contributed by atoms with van der Waals surface area (Å²) < 4.78 is 5.02. The van der Waals surface area contributed by atoms with Crippen molar-refractivity contribution in [3.63, 3.8) is 0 Å². The number of benzene rings is 1. The molecule has 0 aliphatic heterocycles. The first kappa shape index (κ1) is 15.4. The van der Waals surface area contributed by atoms with Crippen molar-refractivity contribution in [1.82, 2.24) is 0 Å². The number of nitriles is 1. The zero-order chi connectivity index (χ0) is 14.3. The zero-order valence-corrected chi connectivity index (χ0v) is 12.2. The van der Waals surface area contributed by atoms with E-state index in [9.17, 15) is 4.79 Å². The molecule has 0 aromatic heterocycles. The molecule has 0 aliphatic rings. The molecular weight excluding hydrogens is 260 g/mol. The summed E-state index contributed by atoms with van der Waals surface area (Å²) >= 11 is 1.62. The Kier molecular flexibility index (Phi) is 6.23. The Morgan fingerprint density at radius 3 is 2.84 bits per heavy atom. The first-order valence-electron chi connectivity index (χ1n) is 6.04.